The Hall–Kier alpha value is -3.62. The maximum atomic E-state index is 13.4. The number of carbonyl (C=O) groups is 2. The van der Waals surface area contributed by atoms with E-state index in [0.717, 1.165) is 12.0 Å². The minimum Gasteiger partial charge on any atom is -0.352 e. The van der Waals surface area contributed by atoms with Crippen LogP contribution in [0.5, 0.6) is 0 Å². The summed E-state index contributed by atoms with van der Waals surface area (Å²) in [6.07, 6.45) is 0.915. The molecule has 0 aliphatic heterocycles. The molecule has 0 radical (unpaired) electrons. The third kappa shape index (κ3) is 7.02. The molecule has 3 aromatic carbocycles. The molecule has 196 valence electrons. The lowest BCUT2D eigenvalue weighted by molar-refractivity contribution is -0.113. The molecular weight excluding hydrogens is 520 g/mol. The Bertz CT molecular complexity index is 1500. The molecule has 4 aromatic rings. The van der Waals surface area contributed by atoms with Crippen LogP contribution in [0.1, 0.15) is 36.2 Å². The number of hydrogen-bond donors (Lipinski definition) is 2. The maximum Gasteiger partial charge on any atom is 0.262 e. The Morgan fingerprint density at radius 1 is 1.00 bits per heavy atom. The van der Waals surface area contributed by atoms with Gasteiger partial charge in [-0.2, -0.15) is 0 Å². The predicted molar refractivity (Wildman–Crippen MR) is 154 cm³/mol. The topological polar surface area (TPSA) is 93.1 Å². The average Bonchev–Trinajstić information content (AvgIpc) is 2.91. The number of para-hydroxylation sites is 2. The van der Waals surface area contributed by atoms with Crippen LogP contribution in [-0.2, 0) is 11.3 Å². The van der Waals surface area contributed by atoms with Gasteiger partial charge in [0, 0.05) is 12.1 Å². The van der Waals surface area contributed by atoms with E-state index in [2.05, 4.69) is 29.5 Å². The summed E-state index contributed by atoms with van der Waals surface area (Å²) in [4.78, 5) is 43.1. The van der Waals surface area contributed by atoms with Gasteiger partial charge in [0.15, 0.2) is 5.16 Å². The SMILES string of the molecule is CC(C)CCNC(=O)c1ccc(Cn2c(SCC(=O)Nc3ccccc3Cl)nc3ccccc3c2=O)cc1. The number of nitrogens with one attached hydrogen (secondary N) is 2. The molecule has 0 aliphatic rings. The molecule has 0 unspecified atom stereocenters. The molecule has 9 heteroatoms. The molecule has 1 heterocycles. The lowest BCUT2D eigenvalue weighted by Crippen LogP contribution is -2.26. The van der Waals surface area contributed by atoms with Gasteiger partial charge in [0.25, 0.3) is 11.5 Å². The Kier molecular flexibility index (Phi) is 9.20. The Labute approximate surface area is 230 Å². The highest BCUT2D eigenvalue weighted by Crippen LogP contribution is 2.23. The van der Waals surface area contributed by atoms with Crippen molar-refractivity contribution in [2.24, 2.45) is 5.92 Å². The molecule has 0 spiro atoms. The summed E-state index contributed by atoms with van der Waals surface area (Å²) in [6.45, 7) is 5.10. The maximum absolute atomic E-state index is 13.4. The third-order valence-corrected chi connectivity index (χ3v) is 7.18. The van der Waals surface area contributed by atoms with Crippen molar-refractivity contribution in [3.8, 4) is 0 Å². The van der Waals surface area contributed by atoms with Crippen LogP contribution in [0.2, 0.25) is 5.02 Å². The van der Waals surface area contributed by atoms with E-state index in [4.69, 9.17) is 11.6 Å². The highest BCUT2D eigenvalue weighted by molar-refractivity contribution is 7.99. The second-order valence-electron chi connectivity index (χ2n) is 9.25. The Morgan fingerprint density at radius 3 is 2.45 bits per heavy atom. The number of halogens is 1. The second-order valence-corrected chi connectivity index (χ2v) is 10.6. The summed E-state index contributed by atoms with van der Waals surface area (Å²) >= 11 is 7.33. The molecule has 38 heavy (non-hydrogen) atoms. The number of hydrogen-bond acceptors (Lipinski definition) is 5. The molecule has 0 saturated carbocycles. The normalized spacial score (nSPS) is 11.1. The fourth-order valence-electron chi connectivity index (χ4n) is 3.80. The number of rotatable bonds is 10. The first-order valence-corrected chi connectivity index (χ1v) is 13.7. The first-order valence-electron chi connectivity index (χ1n) is 12.4. The van der Waals surface area contributed by atoms with Crippen LogP contribution in [0, 0.1) is 5.92 Å². The van der Waals surface area contributed by atoms with Gasteiger partial charge in [0.05, 0.1) is 33.9 Å². The van der Waals surface area contributed by atoms with Gasteiger partial charge in [-0.3, -0.25) is 19.0 Å². The highest BCUT2D eigenvalue weighted by atomic mass is 35.5. The zero-order valence-corrected chi connectivity index (χ0v) is 22.8. The van der Waals surface area contributed by atoms with Gasteiger partial charge in [-0.05, 0) is 54.3 Å². The van der Waals surface area contributed by atoms with Crippen molar-refractivity contribution < 1.29 is 9.59 Å². The second kappa shape index (κ2) is 12.8. The quantitative estimate of drug-likeness (QED) is 0.199. The van der Waals surface area contributed by atoms with E-state index in [1.54, 1.807) is 59.2 Å². The molecule has 7 nitrogen and oxygen atoms in total. The van der Waals surface area contributed by atoms with Crippen LogP contribution in [0.15, 0.2) is 82.7 Å². The summed E-state index contributed by atoms with van der Waals surface area (Å²) in [7, 11) is 0. The summed E-state index contributed by atoms with van der Waals surface area (Å²) < 4.78 is 1.56. The molecular formula is C29H29ClN4O3S. The molecule has 2 N–H and O–H groups in total. The molecule has 1 aromatic heterocycles. The van der Waals surface area contributed by atoms with Gasteiger partial charge in [-0.15, -0.1) is 0 Å². The van der Waals surface area contributed by atoms with Gasteiger partial charge < -0.3 is 10.6 Å². The van der Waals surface area contributed by atoms with Gasteiger partial charge in [-0.1, -0.05) is 73.6 Å². The van der Waals surface area contributed by atoms with E-state index >= 15 is 0 Å². The van der Waals surface area contributed by atoms with Crippen molar-refractivity contribution in [3.05, 3.63) is 99.3 Å². The van der Waals surface area contributed by atoms with Crippen molar-refractivity contribution in [1.82, 2.24) is 14.9 Å². The fraction of sp³-hybridized carbons (Fsp3) is 0.241. The van der Waals surface area contributed by atoms with Crippen molar-refractivity contribution in [2.45, 2.75) is 32.0 Å². The summed E-state index contributed by atoms with van der Waals surface area (Å²) in [5, 5.41) is 7.10. The number of aromatic nitrogens is 2. The minimum absolute atomic E-state index is 0.0471. The minimum atomic E-state index is -0.259. The van der Waals surface area contributed by atoms with Crippen LogP contribution in [0.25, 0.3) is 10.9 Å². The molecule has 0 aliphatic carbocycles. The molecule has 2 amide bonds. The Morgan fingerprint density at radius 2 is 1.71 bits per heavy atom. The predicted octanol–water partition coefficient (Wildman–Crippen LogP) is 5.60. The highest BCUT2D eigenvalue weighted by Gasteiger charge is 2.15. The molecule has 0 saturated heterocycles. The van der Waals surface area contributed by atoms with E-state index < -0.39 is 0 Å². The summed E-state index contributed by atoms with van der Waals surface area (Å²) in [6, 6.07) is 21.3. The third-order valence-electron chi connectivity index (χ3n) is 5.87. The fourth-order valence-corrected chi connectivity index (χ4v) is 4.78. The van der Waals surface area contributed by atoms with Crippen LogP contribution in [0.3, 0.4) is 0 Å². The lowest BCUT2D eigenvalue weighted by atomic mass is 10.1. The van der Waals surface area contributed by atoms with Crippen LogP contribution in [-0.4, -0.2) is 33.7 Å². The van der Waals surface area contributed by atoms with Crippen LogP contribution in [0.4, 0.5) is 5.69 Å². The van der Waals surface area contributed by atoms with Crippen molar-refractivity contribution in [2.75, 3.05) is 17.6 Å². The number of anilines is 1. The van der Waals surface area contributed by atoms with Crippen LogP contribution < -0.4 is 16.2 Å². The Balaban J connectivity index is 1.53. The standard InChI is InChI=1S/C29H29ClN4O3S/c1-19(2)15-16-31-27(36)21-13-11-20(12-14-21)17-34-28(37)22-7-3-5-9-24(22)33-29(34)38-18-26(35)32-25-10-6-4-8-23(25)30/h3-14,19H,15-18H2,1-2H3,(H,31,36)(H,32,35). The number of amides is 2. The lowest BCUT2D eigenvalue weighted by Gasteiger charge is -2.14. The van der Waals surface area contributed by atoms with Crippen molar-refractivity contribution in [3.63, 3.8) is 0 Å². The van der Waals surface area contributed by atoms with Gasteiger partial charge in [-0.25, -0.2) is 4.98 Å². The van der Waals surface area contributed by atoms with Crippen molar-refractivity contribution >= 4 is 51.8 Å². The average molecular weight is 549 g/mol. The molecule has 0 atom stereocenters. The monoisotopic (exact) mass is 548 g/mol. The van der Waals surface area contributed by atoms with Crippen LogP contribution >= 0.6 is 23.4 Å². The zero-order chi connectivity index (χ0) is 27.1. The van der Waals surface area contributed by atoms with Gasteiger partial charge >= 0.3 is 0 Å². The summed E-state index contributed by atoms with van der Waals surface area (Å²) in [5.74, 6) is 0.180. The first kappa shape index (κ1) is 27.4. The zero-order valence-electron chi connectivity index (χ0n) is 21.2. The summed E-state index contributed by atoms with van der Waals surface area (Å²) in [5.41, 5.74) is 2.30. The first-order chi connectivity index (χ1) is 18.3. The van der Waals surface area contributed by atoms with E-state index in [1.807, 2.05) is 18.2 Å². The largest absolute Gasteiger partial charge is 0.352 e. The van der Waals surface area contributed by atoms with Gasteiger partial charge in [0.1, 0.15) is 0 Å². The molecule has 4 rings (SSSR count). The van der Waals surface area contributed by atoms with E-state index in [0.29, 0.717) is 44.8 Å². The van der Waals surface area contributed by atoms with E-state index in [9.17, 15) is 14.4 Å². The van der Waals surface area contributed by atoms with E-state index in [-0.39, 0.29) is 29.7 Å². The number of carbonyl (C=O) groups excluding carboxylic acids is 2. The van der Waals surface area contributed by atoms with Gasteiger partial charge in [0.2, 0.25) is 5.91 Å². The molecule has 0 fully saturated rings. The van der Waals surface area contributed by atoms with Crippen molar-refractivity contribution in [1.29, 1.82) is 0 Å². The smallest absolute Gasteiger partial charge is 0.262 e. The molecule has 0 bridgehead atoms. The number of nitrogens with zero attached hydrogens (tertiary/aromatic N) is 2. The number of thioether (sulfide) groups is 1. The van der Waals surface area contributed by atoms with E-state index in [1.165, 1.54) is 11.8 Å². The number of fused-ring (bicyclic) bond motifs is 1. The number of benzene rings is 3.